The first-order valence-corrected chi connectivity index (χ1v) is 6.50. The molecule has 1 heterocycles. The van der Waals surface area contributed by atoms with Crippen molar-refractivity contribution in [2.45, 2.75) is 0 Å². The van der Waals surface area contributed by atoms with Crippen molar-refractivity contribution < 1.29 is 19.6 Å². The molecule has 0 N–H and O–H groups in total. The van der Waals surface area contributed by atoms with Gasteiger partial charge in [0.05, 0.1) is 32.0 Å². The maximum Gasteiger partial charge on any atom is 0.334 e. The van der Waals surface area contributed by atoms with Gasteiger partial charge >= 0.3 is 11.2 Å². The van der Waals surface area contributed by atoms with Crippen molar-refractivity contribution in [3.63, 3.8) is 0 Å². The number of aromatic nitrogens is 3. The molecule has 0 radical (unpaired) electrons. The Labute approximate surface area is 136 Å². The molecule has 13 nitrogen and oxygen atoms in total. The fourth-order valence-electron chi connectivity index (χ4n) is 2.19. The lowest BCUT2D eigenvalue weighted by molar-refractivity contribution is -0.664. The van der Waals surface area contributed by atoms with Gasteiger partial charge in [-0.15, -0.1) is 4.85 Å². The molecule has 3 rings (SSSR count). The SMILES string of the molecule is O=[N+]([O-])c1ccc(-n2nc3c([N+](=O)[O-])cc([N+](=O)[O-])cc3[n+]2[O-])cc1. The summed E-state index contributed by atoms with van der Waals surface area (Å²) in [5.74, 6) is 0. The van der Waals surface area contributed by atoms with E-state index < -0.39 is 26.1 Å². The third-order valence-electron chi connectivity index (χ3n) is 3.33. The number of hydrogen-bond acceptors (Lipinski definition) is 8. The molecule has 0 saturated heterocycles. The van der Waals surface area contributed by atoms with Crippen LogP contribution in [0.15, 0.2) is 36.4 Å². The molecule has 0 fully saturated rings. The summed E-state index contributed by atoms with van der Waals surface area (Å²) >= 11 is 0. The Kier molecular flexibility index (Phi) is 3.45. The Morgan fingerprint density at radius 2 is 1.48 bits per heavy atom. The smallest absolute Gasteiger partial charge is 0.334 e. The number of nitrogens with zero attached hydrogens (tertiary/aromatic N) is 6. The van der Waals surface area contributed by atoms with Crippen LogP contribution in [0.4, 0.5) is 17.1 Å². The minimum atomic E-state index is -0.886. The van der Waals surface area contributed by atoms with Crippen LogP contribution < -0.4 is 4.85 Å². The van der Waals surface area contributed by atoms with Gasteiger partial charge in [-0.3, -0.25) is 30.3 Å². The van der Waals surface area contributed by atoms with E-state index >= 15 is 0 Å². The number of benzene rings is 2. The predicted molar refractivity (Wildman–Crippen MR) is 80.0 cm³/mol. The van der Waals surface area contributed by atoms with Crippen molar-refractivity contribution in [1.29, 1.82) is 0 Å². The summed E-state index contributed by atoms with van der Waals surface area (Å²) in [6.45, 7) is 0. The van der Waals surface area contributed by atoms with E-state index in [1.807, 2.05) is 0 Å². The second-order valence-corrected chi connectivity index (χ2v) is 4.78. The van der Waals surface area contributed by atoms with E-state index in [1.165, 1.54) is 12.1 Å². The Morgan fingerprint density at radius 3 is 2.00 bits per heavy atom. The van der Waals surface area contributed by atoms with Gasteiger partial charge in [0.15, 0.2) is 0 Å². The Bertz CT molecular complexity index is 1040. The molecule has 0 aliphatic heterocycles. The van der Waals surface area contributed by atoms with E-state index in [2.05, 4.69) is 5.10 Å². The molecule has 13 heteroatoms. The van der Waals surface area contributed by atoms with Crippen LogP contribution in [0.3, 0.4) is 0 Å². The Morgan fingerprint density at radius 1 is 0.880 bits per heavy atom. The second-order valence-electron chi connectivity index (χ2n) is 4.78. The zero-order chi connectivity index (χ0) is 18.3. The number of nitro benzene ring substituents is 3. The van der Waals surface area contributed by atoms with E-state index in [0.29, 0.717) is 10.9 Å². The van der Waals surface area contributed by atoms with Gasteiger partial charge in [0, 0.05) is 12.1 Å². The molecule has 0 aliphatic rings. The molecule has 3 aromatic rings. The summed E-state index contributed by atoms with van der Waals surface area (Å²) in [6, 6.07) is 6.26. The first-order chi connectivity index (χ1) is 11.8. The van der Waals surface area contributed by atoms with Crippen LogP contribution in [-0.4, -0.2) is 24.7 Å². The highest BCUT2D eigenvalue weighted by molar-refractivity contribution is 5.84. The van der Waals surface area contributed by atoms with Crippen molar-refractivity contribution in [3.05, 3.63) is 71.9 Å². The van der Waals surface area contributed by atoms with Crippen molar-refractivity contribution >= 4 is 28.1 Å². The van der Waals surface area contributed by atoms with Crippen LogP contribution in [0.5, 0.6) is 0 Å². The van der Waals surface area contributed by atoms with Gasteiger partial charge in [-0.1, -0.05) is 0 Å². The molecule has 1 aromatic heterocycles. The van der Waals surface area contributed by atoms with Crippen molar-refractivity contribution in [2.24, 2.45) is 0 Å². The first kappa shape index (κ1) is 15.7. The van der Waals surface area contributed by atoms with Crippen LogP contribution in [-0.2, 0) is 0 Å². The quantitative estimate of drug-likeness (QED) is 0.294. The molecule has 0 aliphatic carbocycles. The van der Waals surface area contributed by atoms with Gasteiger partial charge in [0.25, 0.3) is 11.4 Å². The molecule has 0 amide bonds. The number of non-ortho nitro benzene ring substituents is 3. The zero-order valence-electron chi connectivity index (χ0n) is 12.0. The van der Waals surface area contributed by atoms with Crippen LogP contribution in [0, 0.1) is 35.6 Å². The fraction of sp³-hybridized carbons (Fsp3) is 0. The molecular formula is C12H6N6O7. The molecule has 0 spiro atoms. The van der Waals surface area contributed by atoms with E-state index in [0.717, 1.165) is 18.2 Å². The number of rotatable bonds is 4. The van der Waals surface area contributed by atoms with Crippen molar-refractivity contribution in [2.75, 3.05) is 0 Å². The van der Waals surface area contributed by atoms with Gasteiger partial charge in [0.2, 0.25) is 5.52 Å². The van der Waals surface area contributed by atoms with Crippen molar-refractivity contribution in [3.8, 4) is 5.69 Å². The third kappa shape index (κ3) is 2.54. The van der Waals surface area contributed by atoms with E-state index in [1.54, 1.807) is 0 Å². The first-order valence-electron chi connectivity index (χ1n) is 6.50. The monoisotopic (exact) mass is 346 g/mol. The summed E-state index contributed by atoms with van der Waals surface area (Å²) in [5, 5.41) is 48.8. The highest BCUT2D eigenvalue weighted by atomic mass is 16.6. The van der Waals surface area contributed by atoms with Crippen LogP contribution >= 0.6 is 0 Å². The van der Waals surface area contributed by atoms with E-state index in [9.17, 15) is 35.6 Å². The zero-order valence-corrected chi connectivity index (χ0v) is 12.0. The Balaban J connectivity index is 2.25. The number of nitro groups is 3. The van der Waals surface area contributed by atoms with Gasteiger partial charge in [-0.2, -0.15) is 0 Å². The standard InChI is InChI=1S/C12H6N6O7/c19-15-10-5-9(17(22)23)6-11(18(24)25)12(10)13-14(15)7-1-3-8(4-2-7)16(20)21/h1-6H. The van der Waals surface area contributed by atoms with E-state index in [4.69, 9.17) is 0 Å². The second kappa shape index (κ2) is 5.48. The molecule has 0 unspecified atom stereocenters. The largest absolute Gasteiger partial charge is 0.692 e. The van der Waals surface area contributed by atoms with Crippen LogP contribution in [0.25, 0.3) is 16.7 Å². The lowest BCUT2D eigenvalue weighted by atomic mass is 10.2. The summed E-state index contributed by atoms with van der Waals surface area (Å²) < 4.78 is 0. The van der Waals surface area contributed by atoms with Gasteiger partial charge in [-0.25, -0.2) is 0 Å². The summed E-state index contributed by atoms with van der Waals surface area (Å²) in [5.41, 5.74) is -2.18. The summed E-state index contributed by atoms with van der Waals surface area (Å²) in [4.78, 5) is 31.1. The summed E-state index contributed by atoms with van der Waals surface area (Å²) in [6.07, 6.45) is 0. The number of fused-ring (bicyclic) bond motifs is 1. The maximum atomic E-state index is 12.3. The van der Waals surface area contributed by atoms with Crippen LogP contribution in [0.1, 0.15) is 0 Å². The topological polar surface area (TPSA) is 174 Å². The van der Waals surface area contributed by atoms with Gasteiger partial charge < -0.3 is 5.21 Å². The van der Waals surface area contributed by atoms with Gasteiger partial charge in [-0.05, 0) is 16.9 Å². The van der Waals surface area contributed by atoms with Crippen LogP contribution in [0.2, 0.25) is 0 Å². The maximum absolute atomic E-state index is 12.3. The highest BCUT2D eigenvalue weighted by Gasteiger charge is 2.30. The molecule has 0 atom stereocenters. The molecular weight excluding hydrogens is 340 g/mol. The minimum absolute atomic E-state index is 0.0914. The molecule has 0 bridgehead atoms. The third-order valence-corrected chi connectivity index (χ3v) is 3.33. The highest BCUT2D eigenvalue weighted by Crippen LogP contribution is 2.28. The molecule has 0 saturated carbocycles. The number of hydrogen-bond donors (Lipinski definition) is 0. The predicted octanol–water partition coefficient (Wildman–Crippen LogP) is 1.38. The normalized spacial score (nSPS) is 10.7. The fourth-order valence-corrected chi connectivity index (χ4v) is 2.19. The lowest BCUT2D eigenvalue weighted by Gasteiger charge is -2.03. The van der Waals surface area contributed by atoms with E-state index in [-0.39, 0.29) is 27.3 Å². The molecule has 2 aromatic carbocycles. The van der Waals surface area contributed by atoms with Crippen molar-refractivity contribution in [1.82, 2.24) is 9.90 Å². The average Bonchev–Trinajstić information content (AvgIpc) is 2.91. The molecule has 126 valence electrons. The molecule has 25 heavy (non-hydrogen) atoms. The minimum Gasteiger partial charge on any atom is -0.692 e. The lowest BCUT2D eigenvalue weighted by Crippen LogP contribution is -2.37. The van der Waals surface area contributed by atoms with Gasteiger partial charge in [0.1, 0.15) is 5.69 Å². The average molecular weight is 346 g/mol. The Hall–Kier alpha value is -4.16. The summed E-state index contributed by atoms with van der Waals surface area (Å²) in [7, 11) is 0.